The predicted molar refractivity (Wildman–Crippen MR) is 154 cm³/mol. The lowest BCUT2D eigenvalue weighted by Gasteiger charge is -2.30. The molecule has 3 unspecified atom stereocenters. The van der Waals surface area contributed by atoms with Gasteiger partial charge >= 0.3 is 0 Å². The highest BCUT2D eigenvalue weighted by Gasteiger charge is 2.29. The first-order chi connectivity index (χ1) is 18.9. The van der Waals surface area contributed by atoms with E-state index < -0.39 is 12.0 Å². The summed E-state index contributed by atoms with van der Waals surface area (Å²) < 4.78 is 7.29. The minimum Gasteiger partial charge on any atom is -0.497 e. The van der Waals surface area contributed by atoms with Gasteiger partial charge in [0.15, 0.2) is 0 Å². The Morgan fingerprint density at radius 3 is 2.44 bits per heavy atom. The van der Waals surface area contributed by atoms with Crippen molar-refractivity contribution in [1.82, 2.24) is 15.1 Å². The van der Waals surface area contributed by atoms with Crippen LogP contribution in [0.3, 0.4) is 0 Å². The molecule has 0 radical (unpaired) electrons. The molecule has 0 spiro atoms. The number of hydrogen-bond acceptors (Lipinski definition) is 4. The van der Waals surface area contributed by atoms with Gasteiger partial charge in [0.1, 0.15) is 5.75 Å². The van der Waals surface area contributed by atoms with E-state index in [1.165, 1.54) is 5.56 Å². The van der Waals surface area contributed by atoms with Crippen LogP contribution in [0.25, 0.3) is 16.9 Å². The molecule has 1 heterocycles. The zero-order chi connectivity index (χ0) is 27.4. The van der Waals surface area contributed by atoms with Gasteiger partial charge in [-0.15, -0.1) is 0 Å². The smallest absolute Gasteiger partial charge is 0.228 e. The number of aryl methyl sites for hydroxylation is 2. The minimum atomic E-state index is -0.497. The SMILES string of the molecule is COc1ccc(-n2nc(CC(C(=O)NC3CCCCC3O)c3cccc(C)c3)cc2-c2ccc(C)cc2)cc1. The number of ether oxygens (including phenoxy) is 1. The number of hydrogen-bond donors (Lipinski definition) is 2. The van der Waals surface area contributed by atoms with Crippen LogP contribution < -0.4 is 10.1 Å². The van der Waals surface area contributed by atoms with Crippen LogP contribution in [0.15, 0.2) is 78.9 Å². The number of nitrogens with one attached hydrogen (secondary N) is 1. The van der Waals surface area contributed by atoms with Crippen molar-refractivity contribution < 1.29 is 14.6 Å². The van der Waals surface area contributed by atoms with E-state index in [2.05, 4.69) is 48.6 Å². The number of aromatic nitrogens is 2. The van der Waals surface area contributed by atoms with E-state index in [0.717, 1.165) is 65.2 Å². The molecule has 2 N–H and O–H groups in total. The Morgan fingerprint density at radius 2 is 1.74 bits per heavy atom. The summed E-state index contributed by atoms with van der Waals surface area (Å²) in [5.41, 5.74) is 7.00. The van der Waals surface area contributed by atoms with Crippen molar-refractivity contribution in [3.63, 3.8) is 0 Å². The second-order valence-electron chi connectivity index (χ2n) is 10.6. The Hall–Kier alpha value is -3.90. The van der Waals surface area contributed by atoms with Crippen LogP contribution in [0.1, 0.15) is 54.0 Å². The average Bonchev–Trinajstić information content (AvgIpc) is 3.37. The maximum atomic E-state index is 13.7. The van der Waals surface area contributed by atoms with Gasteiger partial charge in [0.2, 0.25) is 5.91 Å². The van der Waals surface area contributed by atoms with Crippen LogP contribution in [0.5, 0.6) is 5.75 Å². The molecule has 1 amide bonds. The second kappa shape index (κ2) is 11.9. The number of amides is 1. The maximum absolute atomic E-state index is 13.7. The van der Waals surface area contributed by atoms with Crippen molar-refractivity contribution in [2.75, 3.05) is 7.11 Å². The molecular formula is C33H37N3O3. The molecule has 3 atom stereocenters. The van der Waals surface area contributed by atoms with E-state index in [0.29, 0.717) is 6.42 Å². The molecule has 4 aromatic rings. The van der Waals surface area contributed by atoms with Crippen molar-refractivity contribution in [2.45, 2.75) is 64.0 Å². The molecule has 6 heteroatoms. The first kappa shape index (κ1) is 26.7. The fourth-order valence-electron chi connectivity index (χ4n) is 5.40. The number of nitrogens with zero attached hydrogens (tertiary/aromatic N) is 2. The predicted octanol–water partition coefficient (Wildman–Crippen LogP) is 5.91. The highest BCUT2D eigenvalue weighted by Crippen LogP contribution is 2.29. The molecule has 1 aliphatic carbocycles. The van der Waals surface area contributed by atoms with Gasteiger partial charge in [-0.05, 0) is 62.6 Å². The van der Waals surface area contributed by atoms with E-state index in [-0.39, 0.29) is 11.9 Å². The fourth-order valence-corrected chi connectivity index (χ4v) is 5.40. The molecule has 3 aromatic carbocycles. The minimum absolute atomic E-state index is 0.0672. The van der Waals surface area contributed by atoms with Crippen molar-refractivity contribution in [1.29, 1.82) is 0 Å². The molecule has 1 saturated carbocycles. The molecule has 6 nitrogen and oxygen atoms in total. The number of aliphatic hydroxyl groups is 1. The van der Waals surface area contributed by atoms with Crippen LogP contribution in [0, 0.1) is 13.8 Å². The zero-order valence-corrected chi connectivity index (χ0v) is 22.9. The Bertz CT molecular complexity index is 1410. The van der Waals surface area contributed by atoms with Gasteiger partial charge in [0.05, 0.1) is 42.2 Å². The number of benzene rings is 3. The molecule has 0 aliphatic heterocycles. The van der Waals surface area contributed by atoms with E-state index in [1.807, 2.05) is 54.1 Å². The molecule has 39 heavy (non-hydrogen) atoms. The zero-order valence-electron chi connectivity index (χ0n) is 22.9. The highest BCUT2D eigenvalue weighted by atomic mass is 16.5. The van der Waals surface area contributed by atoms with Gasteiger partial charge in [-0.1, -0.05) is 72.5 Å². The Labute approximate surface area is 230 Å². The number of methoxy groups -OCH3 is 1. The largest absolute Gasteiger partial charge is 0.497 e. The summed E-state index contributed by atoms with van der Waals surface area (Å²) in [5.74, 6) is 0.288. The molecule has 5 rings (SSSR count). The number of carbonyl (C=O) groups is 1. The molecule has 0 bridgehead atoms. The summed E-state index contributed by atoms with van der Waals surface area (Å²) in [6.07, 6.45) is 3.50. The first-order valence-electron chi connectivity index (χ1n) is 13.8. The lowest BCUT2D eigenvalue weighted by atomic mass is 9.89. The quantitative estimate of drug-likeness (QED) is 0.301. The highest BCUT2D eigenvalue weighted by molar-refractivity contribution is 5.84. The number of aliphatic hydroxyl groups excluding tert-OH is 1. The van der Waals surface area contributed by atoms with Gasteiger partial charge in [-0.2, -0.15) is 5.10 Å². The fraction of sp³-hybridized carbons (Fsp3) is 0.333. The van der Waals surface area contributed by atoms with Crippen molar-refractivity contribution >= 4 is 5.91 Å². The average molecular weight is 524 g/mol. The van der Waals surface area contributed by atoms with Crippen LogP contribution >= 0.6 is 0 Å². The van der Waals surface area contributed by atoms with Gasteiger partial charge < -0.3 is 15.2 Å². The third-order valence-corrected chi connectivity index (χ3v) is 7.66. The lowest BCUT2D eigenvalue weighted by molar-refractivity contribution is -0.124. The van der Waals surface area contributed by atoms with Crippen LogP contribution in [0.4, 0.5) is 0 Å². The summed E-state index contributed by atoms with van der Waals surface area (Å²) in [6, 6.07) is 26.2. The van der Waals surface area contributed by atoms with E-state index in [1.54, 1.807) is 7.11 Å². The Balaban J connectivity index is 1.51. The first-order valence-corrected chi connectivity index (χ1v) is 13.8. The summed E-state index contributed by atoms with van der Waals surface area (Å²) in [4.78, 5) is 13.7. The Morgan fingerprint density at radius 1 is 1.00 bits per heavy atom. The molecule has 1 aliphatic rings. The van der Waals surface area contributed by atoms with Crippen molar-refractivity contribution in [3.8, 4) is 22.7 Å². The lowest BCUT2D eigenvalue weighted by Crippen LogP contribution is -2.47. The summed E-state index contributed by atoms with van der Waals surface area (Å²) in [7, 11) is 1.65. The molecular weight excluding hydrogens is 486 g/mol. The normalized spacial score (nSPS) is 17.9. The monoisotopic (exact) mass is 523 g/mol. The number of carbonyl (C=O) groups excluding carboxylic acids is 1. The van der Waals surface area contributed by atoms with Crippen LogP contribution in [0.2, 0.25) is 0 Å². The second-order valence-corrected chi connectivity index (χ2v) is 10.6. The molecule has 0 saturated heterocycles. The van der Waals surface area contributed by atoms with Gasteiger partial charge in [-0.25, -0.2) is 4.68 Å². The third-order valence-electron chi connectivity index (χ3n) is 7.66. The van der Waals surface area contributed by atoms with E-state index >= 15 is 0 Å². The summed E-state index contributed by atoms with van der Waals surface area (Å²) >= 11 is 0. The topological polar surface area (TPSA) is 76.4 Å². The summed E-state index contributed by atoms with van der Waals surface area (Å²) in [5, 5.41) is 18.7. The van der Waals surface area contributed by atoms with E-state index in [4.69, 9.17) is 9.84 Å². The van der Waals surface area contributed by atoms with Crippen LogP contribution in [-0.4, -0.2) is 40.0 Å². The standard InChI is InChI=1S/C33H37N3O3/c1-22-11-13-24(14-12-22)31-21-26(35-36(31)27-15-17-28(39-3)18-16-27)20-29(25-8-6-7-23(2)19-25)33(38)34-30-9-4-5-10-32(30)37/h6-8,11-19,21,29-30,32,37H,4-5,9-10,20H2,1-3H3,(H,34,38). The van der Waals surface area contributed by atoms with Crippen molar-refractivity contribution in [3.05, 3.63) is 101 Å². The van der Waals surface area contributed by atoms with Gasteiger partial charge in [-0.3, -0.25) is 4.79 Å². The number of rotatable bonds is 8. The molecule has 1 fully saturated rings. The summed E-state index contributed by atoms with van der Waals surface area (Å²) in [6.45, 7) is 4.11. The van der Waals surface area contributed by atoms with Crippen LogP contribution in [-0.2, 0) is 11.2 Å². The molecule has 1 aromatic heterocycles. The van der Waals surface area contributed by atoms with E-state index in [9.17, 15) is 9.90 Å². The van der Waals surface area contributed by atoms with Crippen molar-refractivity contribution in [2.24, 2.45) is 0 Å². The van der Waals surface area contributed by atoms with Gasteiger partial charge in [0, 0.05) is 12.0 Å². The van der Waals surface area contributed by atoms with Gasteiger partial charge in [0.25, 0.3) is 0 Å². The third kappa shape index (κ3) is 6.23. The maximum Gasteiger partial charge on any atom is 0.228 e. The molecule has 202 valence electrons. The Kier molecular flexibility index (Phi) is 8.13.